The molecule has 3 heteroatoms. The number of nitrogens with zero attached hydrogens (tertiary/aromatic N) is 1. The summed E-state index contributed by atoms with van der Waals surface area (Å²) in [5.74, 6) is 1.09. The van der Waals surface area contributed by atoms with E-state index in [4.69, 9.17) is 0 Å². The van der Waals surface area contributed by atoms with Gasteiger partial charge in [0.1, 0.15) is 0 Å². The van der Waals surface area contributed by atoms with Gasteiger partial charge in [0.25, 0.3) is 0 Å². The van der Waals surface area contributed by atoms with Gasteiger partial charge < -0.3 is 10.0 Å². The fraction of sp³-hybridized carbons (Fsp3) is 0.560. The van der Waals surface area contributed by atoms with Gasteiger partial charge in [-0.15, -0.1) is 0 Å². The number of carbonyl (C=O) groups is 1. The second kappa shape index (κ2) is 9.67. The molecule has 3 nitrogen and oxygen atoms in total. The molecule has 0 spiro atoms. The number of benzene rings is 1. The lowest BCUT2D eigenvalue weighted by Gasteiger charge is -2.18. The van der Waals surface area contributed by atoms with Crippen molar-refractivity contribution in [2.75, 3.05) is 20.6 Å². The molecule has 2 aliphatic rings. The van der Waals surface area contributed by atoms with Crippen molar-refractivity contribution in [2.24, 2.45) is 17.8 Å². The first kappa shape index (κ1) is 21.0. The maximum atomic E-state index is 12.6. The summed E-state index contributed by atoms with van der Waals surface area (Å²) in [6.45, 7) is 3.13. The Balaban J connectivity index is 1.53. The van der Waals surface area contributed by atoms with Crippen LogP contribution in [0, 0.1) is 24.7 Å². The van der Waals surface area contributed by atoms with Crippen molar-refractivity contribution in [2.45, 2.75) is 51.6 Å². The average molecular weight is 382 g/mol. The molecule has 1 aromatic carbocycles. The van der Waals surface area contributed by atoms with Crippen LogP contribution in [0.4, 0.5) is 0 Å². The minimum atomic E-state index is -0.325. The van der Waals surface area contributed by atoms with Gasteiger partial charge in [0, 0.05) is 11.5 Å². The standard InChI is InChI=1S/C25H35NO2/c1-18-9-6-7-11-21(18)24(27)13-12-22-23-16-19(15-20(23)17-25(22)28)10-5-4-8-14-26(2)3/h6-7,9,11-13,15,20,22-23,25,28H,4-5,8,10,14,16-17H2,1-3H3/b13-12+/t20-,22+,23-,25+/m0/s1. The van der Waals surface area contributed by atoms with E-state index >= 15 is 0 Å². The molecule has 2 aliphatic carbocycles. The summed E-state index contributed by atoms with van der Waals surface area (Å²) < 4.78 is 0. The molecule has 0 unspecified atom stereocenters. The van der Waals surface area contributed by atoms with Crippen LogP contribution in [0.5, 0.6) is 0 Å². The van der Waals surface area contributed by atoms with Gasteiger partial charge in [0.05, 0.1) is 6.10 Å². The van der Waals surface area contributed by atoms with Crippen molar-refractivity contribution in [3.63, 3.8) is 0 Å². The Morgan fingerprint density at radius 1 is 1.21 bits per heavy atom. The van der Waals surface area contributed by atoms with Crippen LogP contribution >= 0.6 is 0 Å². The number of fused-ring (bicyclic) bond motifs is 1. The molecule has 28 heavy (non-hydrogen) atoms. The highest BCUT2D eigenvalue weighted by atomic mass is 16.3. The number of ketones is 1. The lowest BCUT2D eigenvalue weighted by Crippen LogP contribution is -2.17. The summed E-state index contributed by atoms with van der Waals surface area (Å²) in [4.78, 5) is 14.8. The summed E-state index contributed by atoms with van der Waals surface area (Å²) in [6, 6.07) is 7.70. The van der Waals surface area contributed by atoms with Crippen LogP contribution in [-0.4, -0.2) is 42.5 Å². The molecule has 3 rings (SSSR count). The molecule has 4 atom stereocenters. The molecule has 0 heterocycles. The SMILES string of the molecule is Cc1ccccc1C(=O)/C=C/[C@@H]1[C@H]2CC(CCCCCN(C)C)=C[C@H]2C[C@H]1O. The number of aliphatic hydroxyl groups is 1. The number of allylic oxidation sites excluding steroid dienone is 3. The molecule has 1 aromatic rings. The van der Waals surface area contributed by atoms with E-state index in [1.807, 2.05) is 37.3 Å². The highest BCUT2D eigenvalue weighted by molar-refractivity contribution is 6.05. The van der Waals surface area contributed by atoms with Crippen LogP contribution in [0.3, 0.4) is 0 Å². The van der Waals surface area contributed by atoms with Crippen molar-refractivity contribution < 1.29 is 9.90 Å². The normalized spacial score (nSPS) is 26.8. The van der Waals surface area contributed by atoms with Gasteiger partial charge in [-0.1, -0.05) is 48.4 Å². The highest BCUT2D eigenvalue weighted by Gasteiger charge is 2.43. The van der Waals surface area contributed by atoms with Gasteiger partial charge >= 0.3 is 0 Å². The fourth-order valence-electron chi connectivity index (χ4n) is 4.89. The smallest absolute Gasteiger partial charge is 0.185 e. The van der Waals surface area contributed by atoms with E-state index in [9.17, 15) is 9.90 Å². The van der Waals surface area contributed by atoms with E-state index < -0.39 is 0 Å². The second-order valence-electron chi connectivity index (χ2n) is 8.89. The zero-order chi connectivity index (χ0) is 20.1. The molecule has 0 radical (unpaired) electrons. The highest BCUT2D eigenvalue weighted by Crippen LogP contribution is 2.48. The molecule has 1 N–H and O–H groups in total. The van der Waals surface area contributed by atoms with Gasteiger partial charge in [-0.3, -0.25) is 4.79 Å². The summed E-state index contributed by atoms with van der Waals surface area (Å²) in [5.41, 5.74) is 3.32. The van der Waals surface area contributed by atoms with Gasteiger partial charge in [0.15, 0.2) is 5.78 Å². The van der Waals surface area contributed by atoms with Crippen molar-refractivity contribution in [3.05, 3.63) is 59.2 Å². The van der Waals surface area contributed by atoms with Crippen LogP contribution in [0.15, 0.2) is 48.1 Å². The number of hydrogen-bond donors (Lipinski definition) is 1. The van der Waals surface area contributed by atoms with Crippen LogP contribution < -0.4 is 0 Å². The lowest BCUT2D eigenvalue weighted by molar-refractivity contribution is 0.104. The van der Waals surface area contributed by atoms with Crippen LogP contribution in [0.1, 0.15) is 54.4 Å². The summed E-state index contributed by atoms with van der Waals surface area (Å²) >= 11 is 0. The fourth-order valence-corrected chi connectivity index (χ4v) is 4.89. The molecule has 0 amide bonds. The van der Waals surface area contributed by atoms with Gasteiger partial charge in [-0.2, -0.15) is 0 Å². The third-order valence-corrected chi connectivity index (χ3v) is 6.43. The van der Waals surface area contributed by atoms with Crippen LogP contribution in [0.2, 0.25) is 0 Å². The molecule has 0 aliphatic heterocycles. The van der Waals surface area contributed by atoms with Crippen molar-refractivity contribution in [3.8, 4) is 0 Å². The zero-order valence-electron chi connectivity index (χ0n) is 17.6. The van der Waals surface area contributed by atoms with E-state index in [0.29, 0.717) is 11.8 Å². The van der Waals surface area contributed by atoms with E-state index in [0.717, 1.165) is 30.5 Å². The third-order valence-electron chi connectivity index (χ3n) is 6.43. The number of aryl methyl sites for hydroxylation is 1. The first-order valence-electron chi connectivity index (χ1n) is 10.8. The number of aliphatic hydroxyl groups excluding tert-OH is 1. The Kier molecular flexibility index (Phi) is 7.25. The Labute approximate surface area is 170 Å². The van der Waals surface area contributed by atoms with Gasteiger partial charge in [-0.25, -0.2) is 0 Å². The second-order valence-corrected chi connectivity index (χ2v) is 8.89. The average Bonchev–Trinajstić information content (AvgIpc) is 3.16. The monoisotopic (exact) mass is 381 g/mol. The minimum absolute atomic E-state index is 0.0424. The maximum Gasteiger partial charge on any atom is 0.185 e. The van der Waals surface area contributed by atoms with E-state index in [2.05, 4.69) is 25.1 Å². The number of unbranched alkanes of at least 4 members (excludes halogenated alkanes) is 2. The van der Waals surface area contributed by atoms with Crippen molar-refractivity contribution in [1.82, 2.24) is 4.90 Å². The first-order chi connectivity index (χ1) is 13.5. The number of rotatable bonds is 9. The summed E-state index contributed by atoms with van der Waals surface area (Å²) in [5, 5.41) is 10.5. The van der Waals surface area contributed by atoms with Crippen molar-refractivity contribution >= 4 is 5.78 Å². The maximum absolute atomic E-state index is 12.6. The Hall–Kier alpha value is -1.71. The topological polar surface area (TPSA) is 40.5 Å². The Morgan fingerprint density at radius 2 is 2.00 bits per heavy atom. The number of carbonyl (C=O) groups excluding carboxylic acids is 1. The largest absolute Gasteiger partial charge is 0.392 e. The zero-order valence-corrected chi connectivity index (χ0v) is 17.6. The molecule has 0 bridgehead atoms. The first-order valence-corrected chi connectivity index (χ1v) is 10.8. The summed E-state index contributed by atoms with van der Waals surface area (Å²) in [6.07, 6.45) is 12.7. The molecule has 1 saturated carbocycles. The molecular formula is C25H35NO2. The Bertz CT molecular complexity index is 734. The summed E-state index contributed by atoms with van der Waals surface area (Å²) in [7, 11) is 4.26. The molecule has 0 saturated heterocycles. The Morgan fingerprint density at radius 3 is 2.75 bits per heavy atom. The van der Waals surface area contributed by atoms with Crippen LogP contribution in [0.25, 0.3) is 0 Å². The molecule has 1 fully saturated rings. The van der Waals surface area contributed by atoms with E-state index in [-0.39, 0.29) is 17.8 Å². The van der Waals surface area contributed by atoms with Crippen LogP contribution in [-0.2, 0) is 0 Å². The van der Waals surface area contributed by atoms with Gasteiger partial charge in [-0.05, 0) is 83.1 Å². The minimum Gasteiger partial charge on any atom is -0.392 e. The lowest BCUT2D eigenvalue weighted by atomic mass is 9.88. The van der Waals surface area contributed by atoms with E-state index in [1.165, 1.54) is 25.7 Å². The third kappa shape index (κ3) is 5.21. The molecule has 0 aromatic heterocycles. The molecular weight excluding hydrogens is 346 g/mol. The predicted octanol–water partition coefficient (Wildman–Crippen LogP) is 4.80. The van der Waals surface area contributed by atoms with Gasteiger partial charge in [0.2, 0.25) is 0 Å². The molecule has 152 valence electrons. The number of hydrogen-bond acceptors (Lipinski definition) is 3. The van der Waals surface area contributed by atoms with E-state index in [1.54, 1.807) is 11.6 Å². The predicted molar refractivity (Wildman–Crippen MR) is 115 cm³/mol. The van der Waals surface area contributed by atoms with Crippen molar-refractivity contribution in [1.29, 1.82) is 0 Å². The quantitative estimate of drug-likeness (QED) is 0.289.